The lowest BCUT2D eigenvalue weighted by atomic mass is 10.2. The number of hydrogen-bond acceptors (Lipinski definition) is 4. The first-order chi connectivity index (χ1) is 9.20. The zero-order chi connectivity index (χ0) is 13.7. The first kappa shape index (κ1) is 14.8. The fraction of sp³-hybridized carbons (Fsp3) is 0.615. The number of halogens is 1. The molecule has 0 spiro atoms. The second-order valence-corrected chi connectivity index (χ2v) is 6.34. The number of fused-ring (bicyclic) bond motifs is 1. The van der Waals surface area contributed by atoms with Gasteiger partial charge in [0.05, 0.1) is 10.9 Å². The average molecular weight is 303 g/mol. The van der Waals surface area contributed by atoms with Crippen LogP contribution in [0.2, 0.25) is 4.34 Å². The highest BCUT2D eigenvalue weighted by Gasteiger charge is 2.24. The molecule has 4 nitrogen and oxygen atoms in total. The van der Waals surface area contributed by atoms with E-state index in [-0.39, 0.29) is 5.91 Å². The maximum Gasteiger partial charge on any atom is 0.221 e. The van der Waals surface area contributed by atoms with Gasteiger partial charge >= 0.3 is 0 Å². The van der Waals surface area contributed by atoms with Gasteiger partial charge in [0.1, 0.15) is 0 Å². The van der Waals surface area contributed by atoms with Crippen molar-refractivity contribution >= 4 is 28.8 Å². The predicted octanol–water partition coefficient (Wildman–Crippen LogP) is 2.13. The second kappa shape index (κ2) is 7.24. The molecule has 106 valence electrons. The van der Waals surface area contributed by atoms with Crippen molar-refractivity contribution in [2.45, 2.75) is 25.3 Å². The van der Waals surface area contributed by atoms with Gasteiger partial charge in [0.25, 0.3) is 0 Å². The normalized spacial score (nSPS) is 17.5. The molecule has 0 saturated carbocycles. The summed E-state index contributed by atoms with van der Waals surface area (Å²) in [5.41, 5.74) is 1.31. The van der Waals surface area contributed by atoms with E-state index in [1.165, 1.54) is 10.4 Å². The Morgan fingerprint density at radius 3 is 3.21 bits per heavy atom. The van der Waals surface area contributed by atoms with Crippen molar-refractivity contribution in [3.63, 3.8) is 0 Å². The molecule has 0 aromatic carbocycles. The van der Waals surface area contributed by atoms with Crippen molar-refractivity contribution in [3.05, 3.63) is 20.8 Å². The van der Waals surface area contributed by atoms with Crippen LogP contribution in [0.4, 0.5) is 0 Å². The summed E-state index contributed by atoms with van der Waals surface area (Å²) in [7, 11) is 1.62. The van der Waals surface area contributed by atoms with Gasteiger partial charge in [0, 0.05) is 37.5 Å². The van der Waals surface area contributed by atoms with E-state index in [9.17, 15) is 4.79 Å². The summed E-state index contributed by atoms with van der Waals surface area (Å²) in [5, 5.41) is 6.24. The molecule has 1 aliphatic rings. The number of hydrogen-bond donors (Lipinski definition) is 2. The molecule has 1 aromatic rings. The summed E-state index contributed by atoms with van der Waals surface area (Å²) >= 11 is 7.68. The minimum Gasteiger partial charge on any atom is -0.383 e. The summed E-state index contributed by atoms with van der Waals surface area (Å²) in [6.45, 7) is 1.82. The fourth-order valence-corrected chi connectivity index (χ4v) is 3.64. The first-order valence-corrected chi connectivity index (χ1v) is 7.67. The van der Waals surface area contributed by atoms with Crippen LogP contribution in [0.15, 0.2) is 6.07 Å². The van der Waals surface area contributed by atoms with Crippen molar-refractivity contribution in [1.82, 2.24) is 10.6 Å². The number of methoxy groups -OCH3 is 1. The first-order valence-electron chi connectivity index (χ1n) is 6.48. The number of thiophene rings is 1. The molecule has 1 amide bonds. The van der Waals surface area contributed by atoms with E-state index in [1.807, 2.05) is 6.07 Å². The lowest BCUT2D eigenvalue weighted by Gasteiger charge is -2.12. The SMILES string of the molecule is COCCNC(=O)CCNC1CCc2sc(Cl)cc21. The van der Waals surface area contributed by atoms with Crippen molar-refractivity contribution in [2.75, 3.05) is 26.8 Å². The topological polar surface area (TPSA) is 50.4 Å². The molecule has 0 radical (unpaired) electrons. The van der Waals surface area contributed by atoms with Gasteiger partial charge in [-0.05, 0) is 24.5 Å². The van der Waals surface area contributed by atoms with Crippen LogP contribution in [0, 0.1) is 0 Å². The molecule has 0 saturated heterocycles. The summed E-state index contributed by atoms with van der Waals surface area (Å²) in [4.78, 5) is 12.9. The van der Waals surface area contributed by atoms with Crippen molar-refractivity contribution < 1.29 is 9.53 Å². The van der Waals surface area contributed by atoms with Gasteiger partial charge in [-0.1, -0.05) is 11.6 Å². The van der Waals surface area contributed by atoms with Crippen molar-refractivity contribution in [3.8, 4) is 0 Å². The van der Waals surface area contributed by atoms with Gasteiger partial charge in [0.2, 0.25) is 5.91 Å². The van der Waals surface area contributed by atoms with Gasteiger partial charge in [0.15, 0.2) is 0 Å². The molecule has 1 unspecified atom stereocenters. The van der Waals surface area contributed by atoms with Crippen LogP contribution in [0.1, 0.15) is 29.3 Å². The third-order valence-corrected chi connectivity index (χ3v) is 4.56. The molecule has 0 aliphatic heterocycles. The quantitative estimate of drug-likeness (QED) is 0.759. The van der Waals surface area contributed by atoms with Crippen LogP contribution < -0.4 is 10.6 Å². The summed E-state index contributed by atoms with van der Waals surface area (Å²) < 4.78 is 5.73. The Hall–Kier alpha value is -0.620. The molecular formula is C13H19ClN2O2S. The van der Waals surface area contributed by atoms with Crippen LogP contribution in [-0.2, 0) is 16.0 Å². The van der Waals surface area contributed by atoms with Gasteiger partial charge in [-0.15, -0.1) is 11.3 Å². The van der Waals surface area contributed by atoms with Crippen molar-refractivity contribution in [1.29, 1.82) is 0 Å². The van der Waals surface area contributed by atoms with Gasteiger partial charge in [-0.25, -0.2) is 0 Å². The highest BCUT2D eigenvalue weighted by molar-refractivity contribution is 7.16. The fourth-order valence-electron chi connectivity index (χ4n) is 2.28. The maximum atomic E-state index is 11.5. The molecule has 1 heterocycles. The van der Waals surface area contributed by atoms with Crippen LogP contribution in [0.25, 0.3) is 0 Å². The van der Waals surface area contributed by atoms with Gasteiger partial charge < -0.3 is 15.4 Å². The summed E-state index contributed by atoms with van der Waals surface area (Å²) in [5.74, 6) is 0.0612. The number of amides is 1. The Labute approximate surface area is 122 Å². The van der Waals surface area contributed by atoms with Crippen LogP contribution in [-0.4, -0.2) is 32.7 Å². The molecule has 1 aliphatic carbocycles. The molecule has 2 rings (SSSR count). The number of carbonyl (C=O) groups excluding carboxylic acids is 1. The van der Waals surface area contributed by atoms with E-state index in [1.54, 1.807) is 18.4 Å². The Morgan fingerprint density at radius 2 is 2.42 bits per heavy atom. The monoisotopic (exact) mass is 302 g/mol. The summed E-state index contributed by atoms with van der Waals surface area (Å²) in [6.07, 6.45) is 2.68. The Kier molecular flexibility index (Phi) is 5.63. The molecule has 6 heteroatoms. The molecule has 1 atom stereocenters. The third kappa shape index (κ3) is 4.18. The van der Waals surface area contributed by atoms with Crippen molar-refractivity contribution in [2.24, 2.45) is 0 Å². The van der Waals surface area contributed by atoms with Gasteiger partial charge in [-0.3, -0.25) is 4.79 Å². The van der Waals surface area contributed by atoms with Gasteiger partial charge in [-0.2, -0.15) is 0 Å². The smallest absolute Gasteiger partial charge is 0.221 e. The number of aryl methyl sites for hydroxylation is 1. The molecule has 19 heavy (non-hydrogen) atoms. The molecule has 0 fully saturated rings. The number of ether oxygens (including phenoxy) is 1. The second-order valence-electron chi connectivity index (χ2n) is 4.57. The number of carbonyl (C=O) groups is 1. The lowest BCUT2D eigenvalue weighted by molar-refractivity contribution is -0.121. The third-order valence-electron chi connectivity index (χ3n) is 3.22. The van der Waals surface area contributed by atoms with Crippen LogP contribution >= 0.6 is 22.9 Å². The molecule has 0 bridgehead atoms. The van der Waals surface area contributed by atoms with E-state index < -0.39 is 0 Å². The number of nitrogens with one attached hydrogen (secondary N) is 2. The Bertz CT molecular complexity index is 436. The minimum absolute atomic E-state index is 0.0612. The minimum atomic E-state index is 0.0612. The highest BCUT2D eigenvalue weighted by atomic mass is 35.5. The maximum absolute atomic E-state index is 11.5. The number of rotatable bonds is 7. The van der Waals surface area contributed by atoms with E-state index in [2.05, 4.69) is 10.6 Å². The largest absolute Gasteiger partial charge is 0.383 e. The van der Waals surface area contributed by atoms with Crippen LogP contribution in [0.5, 0.6) is 0 Å². The molecule has 2 N–H and O–H groups in total. The summed E-state index contributed by atoms with van der Waals surface area (Å²) in [6, 6.07) is 2.40. The zero-order valence-electron chi connectivity index (χ0n) is 11.0. The molecular weight excluding hydrogens is 284 g/mol. The lowest BCUT2D eigenvalue weighted by Crippen LogP contribution is -2.30. The highest BCUT2D eigenvalue weighted by Crippen LogP contribution is 2.39. The average Bonchev–Trinajstić information content (AvgIpc) is 2.90. The van der Waals surface area contributed by atoms with E-state index >= 15 is 0 Å². The Morgan fingerprint density at radius 1 is 1.58 bits per heavy atom. The van der Waals surface area contributed by atoms with Crippen LogP contribution in [0.3, 0.4) is 0 Å². The Balaban J connectivity index is 1.68. The van der Waals surface area contributed by atoms with E-state index in [0.29, 0.717) is 32.2 Å². The zero-order valence-corrected chi connectivity index (χ0v) is 12.6. The predicted molar refractivity (Wildman–Crippen MR) is 77.9 cm³/mol. The standard InChI is InChI=1S/C13H19ClN2O2S/c1-18-7-6-16-13(17)4-5-15-10-2-3-11-9(10)8-12(14)19-11/h8,10,15H,2-7H2,1H3,(H,16,17). The molecule has 1 aromatic heterocycles. The van der Waals surface area contributed by atoms with E-state index in [4.69, 9.17) is 16.3 Å². The van der Waals surface area contributed by atoms with E-state index in [0.717, 1.165) is 17.2 Å².